The minimum absolute atomic E-state index is 0.0766. The first kappa shape index (κ1) is 11.7. The predicted molar refractivity (Wildman–Crippen MR) is 63.7 cm³/mol. The molecule has 1 N–H and O–H groups in total. The van der Waals surface area contributed by atoms with Gasteiger partial charge in [-0.05, 0) is 18.2 Å². The molecule has 0 saturated carbocycles. The number of carbonyl (C=O) groups excluding carboxylic acids is 2. The van der Waals surface area contributed by atoms with E-state index < -0.39 is 0 Å². The van der Waals surface area contributed by atoms with Crippen molar-refractivity contribution in [3.8, 4) is 5.75 Å². The summed E-state index contributed by atoms with van der Waals surface area (Å²) in [5.41, 5.74) is 0.998. The zero-order valence-electron chi connectivity index (χ0n) is 9.12. The lowest BCUT2D eigenvalue weighted by atomic mass is 10.1. The van der Waals surface area contributed by atoms with Crippen LogP contribution in [0.3, 0.4) is 0 Å². The van der Waals surface area contributed by atoms with Crippen LogP contribution in [0, 0.1) is 0 Å². The molecule has 0 atom stereocenters. The number of carbonyl (C=O) groups is 2. The van der Waals surface area contributed by atoms with Crippen molar-refractivity contribution in [2.24, 2.45) is 0 Å². The second-order valence-electron chi connectivity index (χ2n) is 3.58. The molecule has 17 heavy (non-hydrogen) atoms. The Bertz CT molecular complexity index is 522. The van der Waals surface area contributed by atoms with E-state index >= 15 is 0 Å². The molecular weight excluding hydrogens is 242 g/mol. The smallest absolute Gasteiger partial charge is 0.254 e. The number of rotatable bonds is 2. The molecule has 0 aromatic heterocycles. The van der Waals surface area contributed by atoms with Gasteiger partial charge < -0.3 is 4.74 Å². The number of benzene rings is 1. The molecule has 1 aromatic rings. The standard InChI is InChI=1S/C12H10ClNO3/c1-17-10-4-2-3-9(13)8(10)5-7-6-11(15)14-12(7)16/h2-5H,6H2,1H3,(H,14,15,16)/b7-5-. The molecule has 1 saturated heterocycles. The van der Waals surface area contributed by atoms with Crippen LogP contribution in [0.25, 0.3) is 6.08 Å². The van der Waals surface area contributed by atoms with Crippen LogP contribution in [-0.2, 0) is 9.59 Å². The molecule has 0 radical (unpaired) electrons. The number of hydrogen-bond donors (Lipinski definition) is 1. The van der Waals surface area contributed by atoms with Gasteiger partial charge in [0, 0.05) is 11.1 Å². The number of imide groups is 1. The molecule has 1 aliphatic rings. The molecular formula is C12H10ClNO3. The van der Waals surface area contributed by atoms with Gasteiger partial charge in [0.1, 0.15) is 5.75 Å². The number of nitrogens with one attached hydrogen (secondary N) is 1. The Balaban J connectivity index is 2.45. The van der Waals surface area contributed by atoms with Crippen molar-refractivity contribution in [1.82, 2.24) is 5.32 Å². The van der Waals surface area contributed by atoms with E-state index in [1.165, 1.54) is 7.11 Å². The monoisotopic (exact) mass is 251 g/mol. The number of amides is 2. The van der Waals surface area contributed by atoms with Crippen molar-refractivity contribution in [2.75, 3.05) is 7.11 Å². The normalized spacial score (nSPS) is 17.4. The summed E-state index contributed by atoms with van der Waals surface area (Å²) in [7, 11) is 1.52. The topological polar surface area (TPSA) is 55.4 Å². The highest BCUT2D eigenvalue weighted by Gasteiger charge is 2.24. The minimum Gasteiger partial charge on any atom is -0.496 e. The summed E-state index contributed by atoms with van der Waals surface area (Å²) in [4.78, 5) is 22.5. The number of ether oxygens (including phenoxy) is 1. The Kier molecular flexibility index (Phi) is 3.15. The Morgan fingerprint density at radius 1 is 1.41 bits per heavy atom. The fourth-order valence-electron chi connectivity index (χ4n) is 1.63. The highest BCUT2D eigenvalue weighted by Crippen LogP contribution is 2.29. The molecule has 0 spiro atoms. The molecule has 1 fully saturated rings. The molecule has 5 heteroatoms. The summed E-state index contributed by atoms with van der Waals surface area (Å²) in [5.74, 6) is -0.110. The largest absolute Gasteiger partial charge is 0.496 e. The Hall–Kier alpha value is -1.81. The lowest BCUT2D eigenvalue weighted by Crippen LogP contribution is -2.19. The average Bonchev–Trinajstić information content (AvgIpc) is 2.60. The van der Waals surface area contributed by atoms with E-state index in [-0.39, 0.29) is 18.2 Å². The van der Waals surface area contributed by atoms with Gasteiger partial charge in [-0.1, -0.05) is 17.7 Å². The van der Waals surface area contributed by atoms with Gasteiger partial charge in [0.25, 0.3) is 5.91 Å². The summed E-state index contributed by atoms with van der Waals surface area (Å²) < 4.78 is 5.15. The van der Waals surface area contributed by atoms with Gasteiger partial charge in [-0.3, -0.25) is 14.9 Å². The number of halogens is 1. The van der Waals surface area contributed by atoms with Gasteiger partial charge in [-0.15, -0.1) is 0 Å². The van der Waals surface area contributed by atoms with E-state index in [1.807, 2.05) is 0 Å². The lowest BCUT2D eigenvalue weighted by molar-refractivity contribution is -0.124. The van der Waals surface area contributed by atoms with Crippen LogP contribution in [0.1, 0.15) is 12.0 Å². The molecule has 0 bridgehead atoms. The third-order valence-corrected chi connectivity index (χ3v) is 2.78. The van der Waals surface area contributed by atoms with Crippen LogP contribution in [0.2, 0.25) is 5.02 Å². The van der Waals surface area contributed by atoms with Gasteiger partial charge in [0.15, 0.2) is 0 Å². The highest BCUT2D eigenvalue weighted by molar-refractivity contribution is 6.32. The first-order valence-electron chi connectivity index (χ1n) is 4.99. The van der Waals surface area contributed by atoms with Crippen LogP contribution in [0.4, 0.5) is 0 Å². The van der Waals surface area contributed by atoms with Gasteiger partial charge in [0.05, 0.1) is 18.6 Å². The van der Waals surface area contributed by atoms with E-state index in [0.29, 0.717) is 21.9 Å². The van der Waals surface area contributed by atoms with Crippen molar-refractivity contribution in [3.05, 3.63) is 34.4 Å². The second kappa shape index (κ2) is 4.59. The molecule has 0 aliphatic carbocycles. The summed E-state index contributed by atoms with van der Waals surface area (Å²) in [5, 5.41) is 2.69. The molecule has 2 amide bonds. The zero-order chi connectivity index (χ0) is 12.4. The van der Waals surface area contributed by atoms with Gasteiger partial charge in [-0.2, -0.15) is 0 Å². The highest BCUT2D eigenvalue weighted by atomic mass is 35.5. The van der Waals surface area contributed by atoms with E-state index in [9.17, 15) is 9.59 Å². The van der Waals surface area contributed by atoms with Gasteiger partial charge in [-0.25, -0.2) is 0 Å². The minimum atomic E-state index is -0.378. The van der Waals surface area contributed by atoms with Gasteiger partial charge in [0.2, 0.25) is 5.91 Å². The van der Waals surface area contributed by atoms with Crippen LogP contribution < -0.4 is 10.1 Å². The maximum absolute atomic E-state index is 11.4. The van der Waals surface area contributed by atoms with E-state index in [0.717, 1.165) is 0 Å². The van der Waals surface area contributed by atoms with Crippen LogP contribution >= 0.6 is 11.6 Å². The summed E-state index contributed by atoms with van der Waals surface area (Å²) in [6, 6.07) is 5.20. The summed E-state index contributed by atoms with van der Waals surface area (Å²) in [6.07, 6.45) is 1.66. The Labute approximate surface area is 103 Å². The van der Waals surface area contributed by atoms with Crippen molar-refractivity contribution in [1.29, 1.82) is 0 Å². The van der Waals surface area contributed by atoms with E-state index in [1.54, 1.807) is 24.3 Å². The zero-order valence-corrected chi connectivity index (χ0v) is 9.88. The number of hydrogen-bond acceptors (Lipinski definition) is 3. The van der Waals surface area contributed by atoms with Crippen molar-refractivity contribution >= 4 is 29.5 Å². The van der Waals surface area contributed by atoms with Crippen molar-refractivity contribution in [3.63, 3.8) is 0 Å². The fraction of sp³-hybridized carbons (Fsp3) is 0.167. The van der Waals surface area contributed by atoms with Gasteiger partial charge >= 0.3 is 0 Å². The molecule has 1 aliphatic heterocycles. The molecule has 1 heterocycles. The maximum Gasteiger partial charge on any atom is 0.254 e. The van der Waals surface area contributed by atoms with E-state index in [4.69, 9.17) is 16.3 Å². The SMILES string of the molecule is COc1cccc(Cl)c1/C=C1/CC(=O)NC1=O. The Morgan fingerprint density at radius 3 is 2.76 bits per heavy atom. The quantitative estimate of drug-likeness (QED) is 0.644. The predicted octanol–water partition coefficient (Wildman–Crippen LogP) is 1.78. The maximum atomic E-state index is 11.4. The Morgan fingerprint density at radius 2 is 2.18 bits per heavy atom. The fourth-order valence-corrected chi connectivity index (χ4v) is 1.85. The molecule has 0 unspecified atom stereocenters. The molecule has 2 rings (SSSR count). The third kappa shape index (κ3) is 2.31. The summed E-state index contributed by atoms with van der Waals surface area (Å²) >= 11 is 6.03. The first-order chi connectivity index (χ1) is 8.11. The summed E-state index contributed by atoms with van der Waals surface area (Å²) in [6.45, 7) is 0. The van der Waals surface area contributed by atoms with Crippen molar-refractivity contribution in [2.45, 2.75) is 6.42 Å². The molecule has 88 valence electrons. The molecule has 1 aromatic carbocycles. The van der Waals surface area contributed by atoms with Crippen LogP contribution in [-0.4, -0.2) is 18.9 Å². The number of methoxy groups -OCH3 is 1. The average molecular weight is 252 g/mol. The lowest BCUT2D eigenvalue weighted by Gasteiger charge is -2.06. The second-order valence-corrected chi connectivity index (χ2v) is 3.99. The van der Waals surface area contributed by atoms with Crippen LogP contribution in [0.15, 0.2) is 23.8 Å². The molecule has 4 nitrogen and oxygen atoms in total. The third-order valence-electron chi connectivity index (χ3n) is 2.45. The van der Waals surface area contributed by atoms with Crippen molar-refractivity contribution < 1.29 is 14.3 Å². The van der Waals surface area contributed by atoms with Crippen LogP contribution in [0.5, 0.6) is 5.75 Å². The van der Waals surface area contributed by atoms with E-state index in [2.05, 4.69) is 5.32 Å². The first-order valence-corrected chi connectivity index (χ1v) is 5.37.